The van der Waals surface area contributed by atoms with Crippen LogP contribution >= 0.6 is 12.2 Å². The van der Waals surface area contributed by atoms with Gasteiger partial charge in [-0.1, -0.05) is 25.5 Å². The van der Waals surface area contributed by atoms with Crippen molar-refractivity contribution in [2.75, 3.05) is 39.3 Å². The molecule has 0 aliphatic carbocycles. The van der Waals surface area contributed by atoms with Gasteiger partial charge in [0, 0.05) is 24.2 Å². The Bertz CT molecular complexity index is 833. The lowest BCUT2D eigenvalue weighted by Gasteiger charge is -2.25. The average molecular weight is 405 g/mol. The third-order valence-corrected chi connectivity index (χ3v) is 5.32. The predicted molar refractivity (Wildman–Crippen MR) is 120 cm³/mol. The lowest BCUT2D eigenvalue weighted by molar-refractivity contribution is 0.244. The van der Waals surface area contributed by atoms with E-state index in [1.54, 1.807) is 0 Å². The quantitative estimate of drug-likeness (QED) is 0.417. The number of H-pyrrole nitrogens is 1. The molecule has 2 rings (SSSR count). The highest BCUT2D eigenvalue weighted by Gasteiger charge is 2.13. The van der Waals surface area contributed by atoms with Crippen LogP contribution in [0.1, 0.15) is 31.4 Å². The molecule has 0 atom stereocenters. The number of nitrogens with zero attached hydrogens (tertiary/aromatic N) is 2. The van der Waals surface area contributed by atoms with E-state index in [0.29, 0.717) is 23.8 Å². The molecule has 0 fully saturated rings. The molecule has 7 heteroatoms. The van der Waals surface area contributed by atoms with Crippen LogP contribution in [0.25, 0.3) is 10.9 Å². The molecule has 1 aromatic carbocycles. The Morgan fingerprint density at radius 3 is 2.64 bits per heavy atom. The topological polar surface area (TPSA) is 71.6 Å². The van der Waals surface area contributed by atoms with Crippen LogP contribution in [0.4, 0.5) is 0 Å². The van der Waals surface area contributed by atoms with Gasteiger partial charge in [-0.05, 0) is 68.8 Å². The van der Waals surface area contributed by atoms with E-state index < -0.39 is 0 Å². The number of fused-ring (bicyclic) bond motifs is 1. The number of hydrogen-bond donors (Lipinski definition) is 3. The van der Waals surface area contributed by atoms with Gasteiger partial charge >= 0.3 is 0 Å². The first-order chi connectivity index (χ1) is 13.5. The van der Waals surface area contributed by atoms with E-state index >= 15 is 0 Å². The first-order valence-electron chi connectivity index (χ1n) is 9.97. The standard InChI is InChI=1S/C21H32N4O2S/c1-4-24(5-2)10-6-9-22-21(28)25(11-12-26)15-18-14-17-13-16(3)7-8-19(17)23-20(18)27/h7-8,13-14,26H,4-6,9-12,15H2,1-3H3,(H,22,28)(H,23,27). The molecule has 0 bridgehead atoms. The number of aryl methyl sites for hydroxylation is 1. The molecule has 0 aliphatic rings. The molecule has 0 amide bonds. The largest absolute Gasteiger partial charge is 0.395 e. The smallest absolute Gasteiger partial charge is 0.253 e. The summed E-state index contributed by atoms with van der Waals surface area (Å²) in [5.41, 5.74) is 2.48. The molecule has 0 saturated carbocycles. The van der Waals surface area contributed by atoms with Crippen molar-refractivity contribution in [3.8, 4) is 0 Å². The molecule has 0 spiro atoms. The number of aromatic amines is 1. The van der Waals surface area contributed by atoms with Crippen molar-refractivity contribution in [3.05, 3.63) is 45.7 Å². The van der Waals surface area contributed by atoms with E-state index in [9.17, 15) is 9.90 Å². The van der Waals surface area contributed by atoms with Gasteiger partial charge in [-0.15, -0.1) is 0 Å². The van der Waals surface area contributed by atoms with Gasteiger partial charge < -0.3 is 25.2 Å². The highest BCUT2D eigenvalue weighted by Crippen LogP contribution is 2.14. The van der Waals surface area contributed by atoms with Crippen molar-refractivity contribution in [3.63, 3.8) is 0 Å². The van der Waals surface area contributed by atoms with Crippen LogP contribution < -0.4 is 10.9 Å². The van der Waals surface area contributed by atoms with E-state index in [1.165, 1.54) is 0 Å². The summed E-state index contributed by atoms with van der Waals surface area (Å²) in [5, 5.41) is 14.3. The van der Waals surface area contributed by atoms with Gasteiger partial charge in [0.1, 0.15) is 0 Å². The Balaban J connectivity index is 2.03. The summed E-state index contributed by atoms with van der Waals surface area (Å²) in [7, 11) is 0. The zero-order valence-electron chi connectivity index (χ0n) is 17.1. The second kappa shape index (κ2) is 11.1. The van der Waals surface area contributed by atoms with Crippen LogP contribution in [0.15, 0.2) is 29.1 Å². The monoisotopic (exact) mass is 404 g/mol. The zero-order chi connectivity index (χ0) is 20.5. The van der Waals surface area contributed by atoms with Gasteiger partial charge in [-0.2, -0.15) is 0 Å². The van der Waals surface area contributed by atoms with E-state index in [4.69, 9.17) is 12.2 Å². The van der Waals surface area contributed by atoms with Crippen LogP contribution in [-0.4, -0.2) is 64.3 Å². The number of aromatic nitrogens is 1. The molecule has 28 heavy (non-hydrogen) atoms. The number of aliphatic hydroxyl groups is 1. The van der Waals surface area contributed by atoms with E-state index in [1.807, 2.05) is 30.0 Å². The number of benzene rings is 1. The van der Waals surface area contributed by atoms with E-state index in [0.717, 1.165) is 49.1 Å². The molecule has 3 N–H and O–H groups in total. The van der Waals surface area contributed by atoms with Crippen molar-refractivity contribution in [2.45, 2.75) is 33.7 Å². The lowest BCUT2D eigenvalue weighted by Crippen LogP contribution is -2.42. The van der Waals surface area contributed by atoms with Crippen LogP contribution in [0.3, 0.4) is 0 Å². The molecule has 0 radical (unpaired) electrons. The van der Waals surface area contributed by atoms with Gasteiger partial charge in [0.2, 0.25) is 0 Å². The molecule has 0 aliphatic heterocycles. The van der Waals surface area contributed by atoms with Crippen LogP contribution in [0.5, 0.6) is 0 Å². The molecule has 6 nitrogen and oxygen atoms in total. The first kappa shape index (κ1) is 22.3. The van der Waals surface area contributed by atoms with Crippen molar-refractivity contribution >= 4 is 28.2 Å². The van der Waals surface area contributed by atoms with E-state index in [-0.39, 0.29) is 12.2 Å². The number of hydrogen-bond acceptors (Lipinski definition) is 4. The van der Waals surface area contributed by atoms with Gasteiger partial charge in [-0.3, -0.25) is 4.79 Å². The van der Waals surface area contributed by atoms with Crippen LogP contribution in [0, 0.1) is 6.92 Å². The van der Waals surface area contributed by atoms with Gasteiger partial charge in [0.15, 0.2) is 5.11 Å². The van der Waals surface area contributed by atoms with Crippen molar-refractivity contribution < 1.29 is 5.11 Å². The van der Waals surface area contributed by atoms with Crippen molar-refractivity contribution in [1.29, 1.82) is 0 Å². The summed E-state index contributed by atoms with van der Waals surface area (Å²) in [6.07, 6.45) is 0.991. The lowest BCUT2D eigenvalue weighted by atomic mass is 10.1. The molecule has 0 saturated heterocycles. The molecule has 1 aromatic heterocycles. The summed E-state index contributed by atoms with van der Waals surface area (Å²) in [6.45, 7) is 10.9. The molecular formula is C21H32N4O2S. The second-order valence-corrected chi connectivity index (χ2v) is 7.36. The van der Waals surface area contributed by atoms with Gasteiger partial charge in [-0.25, -0.2) is 0 Å². The number of pyridine rings is 1. The maximum atomic E-state index is 12.5. The average Bonchev–Trinajstić information content (AvgIpc) is 2.68. The Labute approximate surface area is 172 Å². The van der Waals surface area contributed by atoms with Crippen molar-refractivity contribution in [2.24, 2.45) is 0 Å². The SMILES string of the molecule is CCN(CC)CCCNC(=S)N(CCO)Cc1cc2cc(C)ccc2[nH]c1=O. The maximum absolute atomic E-state index is 12.5. The Morgan fingerprint density at radius 1 is 1.21 bits per heavy atom. The third kappa shape index (κ3) is 6.29. The minimum absolute atomic E-state index is 0.0220. The fraction of sp³-hybridized carbons (Fsp3) is 0.524. The summed E-state index contributed by atoms with van der Waals surface area (Å²) in [6, 6.07) is 7.86. The molecule has 154 valence electrons. The second-order valence-electron chi connectivity index (χ2n) is 6.97. The first-order valence-corrected chi connectivity index (χ1v) is 10.4. The Kier molecular flexibility index (Phi) is 8.89. The molecular weight excluding hydrogens is 372 g/mol. The minimum atomic E-state index is -0.122. The highest BCUT2D eigenvalue weighted by atomic mass is 32.1. The fourth-order valence-electron chi connectivity index (χ4n) is 3.22. The molecule has 2 aromatic rings. The Morgan fingerprint density at radius 2 is 1.96 bits per heavy atom. The minimum Gasteiger partial charge on any atom is -0.395 e. The maximum Gasteiger partial charge on any atom is 0.253 e. The third-order valence-electron chi connectivity index (χ3n) is 4.92. The summed E-state index contributed by atoms with van der Waals surface area (Å²) in [4.78, 5) is 19.6. The van der Waals surface area contributed by atoms with Gasteiger partial charge in [0.25, 0.3) is 5.56 Å². The van der Waals surface area contributed by atoms with Crippen molar-refractivity contribution in [1.82, 2.24) is 20.1 Å². The molecule has 1 heterocycles. The Hall–Kier alpha value is -1.96. The summed E-state index contributed by atoms with van der Waals surface area (Å²) < 4.78 is 0. The van der Waals surface area contributed by atoms with E-state index in [2.05, 4.69) is 35.1 Å². The summed E-state index contributed by atoms with van der Waals surface area (Å²) >= 11 is 5.51. The van der Waals surface area contributed by atoms with Crippen LogP contribution in [0.2, 0.25) is 0 Å². The number of thiocarbonyl (C=S) groups is 1. The number of aliphatic hydroxyl groups excluding tert-OH is 1. The van der Waals surface area contributed by atoms with Crippen LogP contribution in [-0.2, 0) is 6.54 Å². The summed E-state index contributed by atoms with van der Waals surface area (Å²) in [5.74, 6) is 0. The number of rotatable bonds is 10. The highest BCUT2D eigenvalue weighted by molar-refractivity contribution is 7.80. The van der Waals surface area contributed by atoms with Gasteiger partial charge in [0.05, 0.1) is 13.2 Å². The zero-order valence-corrected chi connectivity index (χ0v) is 17.9. The fourth-order valence-corrected chi connectivity index (χ4v) is 3.47. The number of nitrogens with one attached hydrogen (secondary N) is 2. The normalized spacial score (nSPS) is 11.2. The predicted octanol–water partition coefficient (Wildman–Crippen LogP) is 2.24. The molecule has 0 unspecified atom stereocenters.